The zero-order valence-corrected chi connectivity index (χ0v) is 16.8. The lowest BCUT2D eigenvalue weighted by atomic mass is 10.1. The van der Waals surface area contributed by atoms with Gasteiger partial charge in [-0.25, -0.2) is 0 Å². The van der Waals surface area contributed by atoms with E-state index in [-0.39, 0.29) is 12.5 Å². The normalized spacial score (nSPS) is 10.3. The van der Waals surface area contributed by atoms with Gasteiger partial charge in [0.1, 0.15) is 5.75 Å². The van der Waals surface area contributed by atoms with Crippen LogP contribution in [0.4, 0.5) is 17.1 Å². The van der Waals surface area contributed by atoms with Crippen LogP contribution in [0, 0.1) is 13.8 Å². The predicted octanol–water partition coefficient (Wildman–Crippen LogP) is 5.83. The summed E-state index contributed by atoms with van der Waals surface area (Å²) >= 11 is 3.52. The predicted molar refractivity (Wildman–Crippen MR) is 114 cm³/mol. The molecule has 0 unspecified atom stereocenters. The van der Waals surface area contributed by atoms with E-state index in [1.807, 2.05) is 80.6 Å². The molecule has 0 aliphatic heterocycles. The molecule has 0 radical (unpaired) electrons. The topological polar surface area (TPSA) is 50.4 Å². The smallest absolute Gasteiger partial charge is 0.262 e. The molecule has 3 rings (SSSR count). The first-order valence-electron chi connectivity index (χ1n) is 8.63. The molecular weight excluding hydrogens is 404 g/mol. The molecule has 0 bridgehead atoms. The van der Waals surface area contributed by atoms with Crippen LogP contribution < -0.4 is 15.4 Å². The second kappa shape index (κ2) is 8.73. The van der Waals surface area contributed by atoms with Crippen molar-refractivity contribution in [2.45, 2.75) is 13.8 Å². The van der Waals surface area contributed by atoms with Gasteiger partial charge in [0.15, 0.2) is 6.61 Å². The third kappa shape index (κ3) is 5.34. The first kappa shape index (κ1) is 19.0. The Morgan fingerprint density at radius 2 is 1.44 bits per heavy atom. The number of hydrogen-bond donors (Lipinski definition) is 2. The Kier molecular flexibility index (Phi) is 6.14. The highest BCUT2D eigenvalue weighted by Crippen LogP contribution is 2.26. The van der Waals surface area contributed by atoms with Crippen molar-refractivity contribution in [3.05, 3.63) is 82.3 Å². The van der Waals surface area contributed by atoms with Crippen molar-refractivity contribution in [2.24, 2.45) is 0 Å². The second-order valence-electron chi connectivity index (χ2n) is 6.28. The molecule has 0 saturated heterocycles. The summed E-state index contributed by atoms with van der Waals surface area (Å²) in [5, 5.41) is 6.15. The molecule has 3 aromatic rings. The van der Waals surface area contributed by atoms with Crippen LogP contribution in [0.5, 0.6) is 5.75 Å². The van der Waals surface area contributed by atoms with Crippen LogP contribution in [0.3, 0.4) is 0 Å². The minimum atomic E-state index is -0.197. The molecule has 27 heavy (non-hydrogen) atoms. The Hall–Kier alpha value is -2.79. The Morgan fingerprint density at radius 1 is 0.889 bits per heavy atom. The number of anilines is 3. The van der Waals surface area contributed by atoms with Crippen LogP contribution in [-0.4, -0.2) is 12.5 Å². The van der Waals surface area contributed by atoms with E-state index in [1.165, 1.54) is 0 Å². The summed E-state index contributed by atoms with van der Waals surface area (Å²) in [5.41, 5.74) is 4.85. The van der Waals surface area contributed by atoms with Crippen molar-refractivity contribution in [3.63, 3.8) is 0 Å². The van der Waals surface area contributed by atoms with E-state index in [0.717, 1.165) is 32.7 Å². The highest BCUT2D eigenvalue weighted by molar-refractivity contribution is 9.10. The number of carbonyl (C=O) groups is 1. The number of carbonyl (C=O) groups excluding carboxylic acids is 1. The molecular formula is C22H21BrN2O2. The molecule has 0 spiro atoms. The fourth-order valence-electron chi connectivity index (χ4n) is 2.66. The Balaban J connectivity index is 1.53. The van der Waals surface area contributed by atoms with Gasteiger partial charge in [0.05, 0.1) is 0 Å². The van der Waals surface area contributed by atoms with Crippen molar-refractivity contribution in [2.75, 3.05) is 17.2 Å². The van der Waals surface area contributed by atoms with E-state index in [0.29, 0.717) is 5.75 Å². The number of halogens is 1. The Morgan fingerprint density at radius 3 is 2.07 bits per heavy atom. The lowest BCUT2D eigenvalue weighted by molar-refractivity contribution is -0.118. The number of ether oxygens (including phenoxy) is 1. The van der Waals surface area contributed by atoms with Gasteiger partial charge in [-0.1, -0.05) is 34.1 Å². The fourth-order valence-corrected chi connectivity index (χ4v) is 2.89. The summed E-state index contributed by atoms with van der Waals surface area (Å²) < 4.78 is 6.67. The average molecular weight is 425 g/mol. The molecule has 0 aliphatic carbocycles. The molecule has 2 N–H and O–H groups in total. The van der Waals surface area contributed by atoms with Gasteiger partial charge < -0.3 is 15.4 Å². The average Bonchev–Trinajstić information content (AvgIpc) is 2.67. The zero-order valence-electron chi connectivity index (χ0n) is 15.3. The molecule has 0 saturated carbocycles. The van der Waals surface area contributed by atoms with Gasteiger partial charge in [-0.3, -0.25) is 4.79 Å². The number of para-hydroxylation sites is 1. The first-order chi connectivity index (χ1) is 13.0. The van der Waals surface area contributed by atoms with E-state index >= 15 is 0 Å². The molecule has 3 aromatic carbocycles. The van der Waals surface area contributed by atoms with Crippen molar-refractivity contribution in [3.8, 4) is 5.75 Å². The van der Waals surface area contributed by atoms with E-state index < -0.39 is 0 Å². The third-order valence-corrected chi connectivity index (χ3v) is 5.26. The van der Waals surface area contributed by atoms with E-state index in [4.69, 9.17) is 4.74 Å². The van der Waals surface area contributed by atoms with Gasteiger partial charge in [0, 0.05) is 21.5 Å². The second-order valence-corrected chi connectivity index (χ2v) is 7.07. The molecule has 4 nitrogen and oxygen atoms in total. The van der Waals surface area contributed by atoms with Crippen LogP contribution in [0.25, 0.3) is 0 Å². The van der Waals surface area contributed by atoms with Crippen LogP contribution in [0.1, 0.15) is 11.1 Å². The van der Waals surface area contributed by atoms with E-state index in [2.05, 4.69) is 26.6 Å². The SMILES string of the molecule is Cc1cc(OCC(=O)Nc2ccc(Nc3ccccc3)cc2)cc(C)c1Br. The number of nitrogens with one attached hydrogen (secondary N) is 2. The van der Waals surface area contributed by atoms with Crippen LogP contribution >= 0.6 is 15.9 Å². The minimum absolute atomic E-state index is 0.0372. The molecule has 0 atom stereocenters. The molecule has 0 fully saturated rings. The summed E-state index contributed by atoms with van der Waals surface area (Å²) in [6.07, 6.45) is 0. The van der Waals surface area contributed by atoms with E-state index in [1.54, 1.807) is 0 Å². The highest BCUT2D eigenvalue weighted by atomic mass is 79.9. The van der Waals surface area contributed by atoms with Crippen molar-refractivity contribution < 1.29 is 9.53 Å². The number of benzene rings is 3. The zero-order chi connectivity index (χ0) is 19.2. The highest BCUT2D eigenvalue weighted by Gasteiger charge is 2.07. The molecule has 0 aromatic heterocycles. The van der Waals surface area contributed by atoms with Gasteiger partial charge in [-0.2, -0.15) is 0 Å². The van der Waals surface area contributed by atoms with Crippen molar-refractivity contribution in [1.82, 2.24) is 0 Å². The largest absolute Gasteiger partial charge is 0.484 e. The lowest BCUT2D eigenvalue weighted by Gasteiger charge is -2.11. The minimum Gasteiger partial charge on any atom is -0.484 e. The number of aryl methyl sites for hydroxylation is 2. The van der Waals surface area contributed by atoms with Crippen LogP contribution in [0.2, 0.25) is 0 Å². The summed E-state index contributed by atoms with van der Waals surface area (Å²) in [7, 11) is 0. The maximum absolute atomic E-state index is 12.1. The first-order valence-corrected chi connectivity index (χ1v) is 9.42. The summed E-state index contributed by atoms with van der Waals surface area (Å²) in [5.74, 6) is 0.489. The van der Waals surface area contributed by atoms with Gasteiger partial charge in [0.25, 0.3) is 5.91 Å². The van der Waals surface area contributed by atoms with Crippen molar-refractivity contribution >= 4 is 38.9 Å². The van der Waals surface area contributed by atoms with E-state index in [9.17, 15) is 4.79 Å². The molecule has 138 valence electrons. The lowest BCUT2D eigenvalue weighted by Crippen LogP contribution is -2.20. The van der Waals surface area contributed by atoms with Crippen LogP contribution in [-0.2, 0) is 4.79 Å². The molecule has 0 aliphatic rings. The summed E-state index contributed by atoms with van der Waals surface area (Å²) in [6, 6.07) is 21.3. The quantitative estimate of drug-likeness (QED) is 0.523. The molecule has 5 heteroatoms. The Bertz CT molecular complexity index is 902. The molecule has 0 heterocycles. The van der Waals surface area contributed by atoms with Crippen LogP contribution in [0.15, 0.2) is 71.2 Å². The summed E-state index contributed by atoms with van der Waals surface area (Å²) in [6.45, 7) is 3.95. The number of amides is 1. The third-order valence-electron chi connectivity index (χ3n) is 4.01. The van der Waals surface area contributed by atoms with Gasteiger partial charge in [-0.05, 0) is 73.5 Å². The van der Waals surface area contributed by atoms with Gasteiger partial charge in [-0.15, -0.1) is 0 Å². The fraction of sp³-hybridized carbons (Fsp3) is 0.136. The van der Waals surface area contributed by atoms with Gasteiger partial charge >= 0.3 is 0 Å². The standard InChI is InChI=1S/C22H21BrN2O2/c1-15-12-20(13-16(2)22(15)23)27-14-21(26)25-19-10-8-18(9-11-19)24-17-6-4-3-5-7-17/h3-13,24H,14H2,1-2H3,(H,25,26). The monoisotopic (exact) mass is 424 g/mol. The maximum atomic E-state index is 12.1. The van der Waals surface area contributed by atoms with Crippen molar-refractivity contribution in [1.29, 1.82) is 0 Å². The molecule has 1 amide bonds. The maximum Gasteiger partial charge on any atom is 0.262 e. The summed E-state index contributed by atoms with van der Waals surface area (Å²) in [4.78, 5) is 12.1. The number of hydrogen-bond acceptors (Lipinski definition) is 3. The number of rotatable bonds is 6. The van der Waals surface area contributed by atoms with Gasteiger partial charge in [0.2, 0.25) is 0 Å². The Labute approximate surface area is 167 Å².